The van der Waals surface area contributed by atoms with Crippen LogP contribution in [0.25, 0.3) is 0 Å². The minimum atomic E-state index is -0.636. The minimum absolute atomic E-state index is 0.155. The Labute approximate surface area is 310 Å². The quantitative estimate of drug-likeness (QED) is 0.204. The number of carbonyl (C=O) groups excluding carboxylic acids is 5. The van der Waals surface area contributed by atoms with Gasteiger partial charge in [0.05, 0.1) is 12.1 Å². The number of nitrogens with two attached hydrogens (primary N) is 1. The molecule has 5 rings (SSSR count). The normalized spacial score (nSPS) is 17.8. The molecule has 4 bridgehead atoms. The Balaban J connectivity index is 1.40. The lowest BCUT2D eigenvalue weighted by Crippen LogP contribution is -2.36. The van der Waals surface area contributed by atoms with Gasteiger partial charge in [0.15, 0.2) is 6.61 Å². The number of nitrogens with one attached hydrogen (secondary N) is 3. The van der Waals surface area contributed by atoms with Crippen molar-refractivity contribution in [3.8, 4) is 5.75 Å². The molecule has 1 aliphatic heterocycles. The number of amides is 5. The van der Waals surface area contributed by atoms with Gasteiger partial charge in [0.1, 0.15) is 27.2 Å². The van der Waals surface area contributed by atoms with Crippen LogP contribution >= 0.6 is 22.7 Å². The molecule has 274 valence electrons. The Bertz CT molecular complexity index is 1860. The van der Waals surface area contributed by atoms with Gasteiger partial charge in [-0.1, -0.05) is 50.2 Å². The highest BCUT2D eigenvalue weighted by atomic mass is 32.1. The summed E-state index contributed by atoms with van der Waals surface area (Å²) in [4.78, 5) is 75.9. The second-order valence-corrected chi connectivity index (χ2v) is 14.7. The third-order valence-corrected chi connectivity index (χ3v) is 10.1. The Morgan fingerprint density at radius 3 is 2.31 bits per heavy atom. The second kappa shape index (κ2) is 18.4. The van der Waals surface area contributed by atoms with Crippen LogP contribution in [0.4, 0.5) is 0 Å². The molecule has 52 heavy (non-hydrogen) atoms. The van der Waals surface area contributed by atoms with E-state index in [0.717, 1.165) is 5.56 Å². The number of hydrogen-bond donors (Lipinski definition) is 4. The fourth-order valence-corrected chi connectivity index (χ4v) is 7.42. The van der Waals surface area contributed by atoms with Gasteiger partial charge >= 0.3 is 0 Å². The van der Waals surface area contributed by atoms with Crippen molar-refractivity contribution in [2.24, 2.45) is 11.7 Å². The molecule has 2 atom stereocenters. The lowest BCUT2D eigenvalue weighted by Gasteiger charge is -2.24. The van der Waals surface area contributed by atoms with Crippen LogP contribution < -0.4 is 26.4 Å². The van der Waals surface area contributed by atoms with E-state index in [0.29, 0.717) is 53.6 Å². The molecular weight excluding hydrogens is 703 g/mol. The van der Waals surface area contributed by atoms with Crippen LogP contribution in [0.2, 0.25) is 0 Å². The maximum atomic E-state index is 13.7. The van der Waals surface area contributed by atoms with Gasteiger partial charge in [-0.3, -0.25) is 24.0 Å². The van der Waals surface area contributed by atoms with Gasteiger partial charge in [-0.25, -0.2) is 9.97 Å². The standard InChI is InChI=1S/C37H43N7O6S2/c1-23(2)17-27-35-43-30(22-52-35)34(48)41-28(18-24-9-4-3-5-10-24)36-42-29(21-51-36)33(47)39-14-8-16-44(15-7-13-32(46)40-27)37(49)25-11-6-12-26(19-25)50-20-31(38)45/h3-6,9-12,19,21-23,27-28H,7-8,13-18,20H2,1-2H3,(H2,38,45)(H,39,47)(H,40,46)(H,41,48)/t27-,28-/m0/s1. The van der Waals surface area contributed by atoms with Crippen molar-refractivity contribution in [1.82, 2.24) is 30.8 Å². The molecule has 5 N–H and O–H groups in total. The summed E-state index contributed by atoms with van der Waals surface area (Å²) < 4.78 is 5.40. The molecular formula is C37H43N7O6S2. The van der Waals surface area contributed by atoms with Crippen LogP contribution in [0.15, 0.2) is 65.4 Å². The lowest BCUT2D eigenvalue weighted by atomic mass is 10.0. The minimum Gasteiger partial charge on any atom is -0.484 e. The van der Waals surface area contributed by atoms with E-state index in [1.165, 1.54) is 22.7 Å². The summed E-state index contributed by atoms with van der Waals surface area (Å²) in [6.45, 7) is 4.64. The van der Waals surface area contributed by atoms with E-state index in [4.69, 9.17) is 10.5 Å². The molecule has 15 heteroatoms. The average molecular weight is 746 g/mol. The number of thiazole rings is 2. The van der Waals surface area contributed by atoms with Crippen molar-refractivity contribution in [3.63, 3.8) is 0 Å². The van der Waals surface area contributed by atoms with Crippen LogP contribution in [0, 0.1) is 5.92 Å². The van der Waals surface area contributed by atoms with Crippen molar-refractivity contribution >= 4 is 52.2 Å². The van der Waals surface area contributed by atoms with Gasteiger partial charge in [0.2, 0.25) is 5.91 Å². The molecule has 13 nitrogen and oxygen atoms in total. The highest BCUT2D eigenvalue weighted by molar-refractivity contribution is 7.10. The predicted molar refractivity (Wildman–Crippen MR) is 198 cm³/mol. The molecule has 2 aromatic carbocycles. The summed E-state index contributed by atoms with van der Waals surface area (Å²) in [6, 6.07) is 15.3. The van der Waals surface area contributed by atoms with E-state index in [2.05, 4.69) is 39.8 Å². The Hall–Kier alpha value is -5.15. The smallest absolute Gasteiger partial charge is 0.271 e. The van der Waals surface area contributed by atoms with Crippen LogP contribution in [0.1, 0.15) is 98.5 Å². The first-order valence-corrected chi connectivity index (χ1v) is 18.9. The zero-order valence-corrected chi connectivity index (χ0v) is 30.8. The van der Waals surface area contributed by atoms with Crippen molar-refractivity contribution in [1.29, 1.82) is 0 Å². The average Bonchev–Trinajstić information content (AvgIpc) is 3.82. The van der Waals surface area contributed by atoms with E-state index in [1.807, 2.05) is 30.3 Å². The fourth-order valence-electron chi connectivity index (χ4n) is 5.71. The number of benzene rings is 2. The maximum absolute atomic E-state index is 13.7. The molecule has 3 heterocycles. The molecule has 4 aromatic rings. The zero-order chi connectivity index (χ0) is 37.0. The first-order valence-electron chi connectivity index (χ1n) is 17.2. The summed E-state index contributed by atoms with van der Waals surface area (Å²) in [5.74, 6) is -1.29. The van der Waals surface area contributed by atoms with Crippen LogP contribution in [-0.4, -0.2) is 70.6 Å². The lowest BCUT2D eigenvalue weighted by molar-refractivity contribution is -0.122. The number of nitrogens with zero attached hydrogens (tertiary/aromatic N) is 3. The Morgan fingerprint density at radius 2 is 1.60 bits per heavy atom. The molecule has 0 saturated heterocycles. The highest BCUT2D eigenvalue weighted by Gasteiger charge is 2.26. The van der Waals surface area contributed by atoms with Crippen LogP contribution in [0.5, 0.6) is 5.75 Å². The monoisotopic (exact) mass is 745 g/mol. The van der Waals surface area contributed by atoms with Gasteiger partial charge in [-0.05, 0) is 55.4 Å². The molecule has 1 aliphatic rings. The van der Waals surface area contributed by atoms with Crippen LogP contribution in [0.3, 0.4) is 0 Å². The molecule has 0 radical (unpaired) electrons. The number of carbonyl (C=O) groups is 5. The van der Waals surface area contributed by atoms with Crippen molar-refractivity contribution in [2.45, 2.75) is 58.0 Å². The van der Waals surface area contributed by atoms with E-state index in [9.17, 15) is 24.0 Å². The first kappa shape index (κ1) is 38.1. The number of fused-ring (bicyclic) bond motifs is 4. The topological polar surface area (TPSA) is 186 Å². The predicted octanol–water partition coefficient (Wildman–Crippen LogP) is 4.44. The highest BCUT2D eigenvalue weighted by Crippen LogP contribution is 2.27. The number of aromatic nitrogens is 2. The summed E-state index contributed by atoms with van der Waals surface area (Å²) in [6.07, 6.45) is 2.05. The second-order valence-electron chi connectivity index (χ2n) is 12.9. The summed E-state index contributed by atoms with van der Waals surface area (Å²) >= 11 is 2.60. The Morgan fingerprint density at radius 1 is 0.904 bits per heavy atom. The van der Waals surface area contributed by atoms with Crippen molar-refractivity contribution in [2.75, 3.05) is 26.2 Å². The summed E-state index contributed by atoms with van der Waals surface area (Å²) in [5.41, 5.74) is 7.01. The molecule has 0 aliphatic carbocycles. The third-order valence-electron chi connectivity index (χ3n) is 8.21. The number of ether oxygens (including phenoxy) is 1. The molecule has 0 saturated carbocycles. The van der Waals surface area contributed by atoms with Gasteiger partial charge < -0.3 is 31.3 Å². The fraction of sp³-hybridized carbons (Fsp3) is 0.378. The molecule has 5 amide bonds. The van der Waals surface area contributed by atoms with Gasteiger partial charge in [0, 0.05) is 42.4 Å². The van der Waals surface area contributed by atoms with Crippen molar-refractivity contribution in [3.05, 3.63) is 97.9 Å². The van der Waals surface area contributed by atoms with Crippen molar-refractivity contribution < 1.29 is 28.7 Å². The van der Waals surface area contributed by atoms with Gasteiger partial charge in [0.25, 0.3) is 23.6 Å². The van der Waals surface area contributed by atoms with E-state index >= 15 is 0 Å². The number of hydrogen-bond acceptors (Lipinski definition) is 10. The van der Waals surface area contributed by atoms with Gasteiger partial charge in [-0.15, -0.1) is 22.7 Å². The third kappa shape index (κ3) is 10.9. The van der Waals surface area contributed by atoms with E-state index in [1.54, 1.807) is 39.9 Å². The molecule has 0 unspecified atom stereocenters. The molecule has 0 spiro atoms. The van der Waals surface area contributed by atoms with E-state index in [-0.39, 0.29) is 67.1 Å². The first-order chi connectivity index (χ1) is 25.0. The maximum Gasteiger partial charge on any atom is 0.271 e. The van der Waals surface area contributed by atoms with Gasteiger partial charge in [-0.2, -0.15) is 0 Å². The molecule has 2 aromatic heterocycles. The largest absolute Gasteiger partial charge is 0.484 e. The Kier molecular flexibility index (Phi) is 13.5. The number of primary amides is 1. The summed E-state index contributed by atoms with van der Waals surface area (Å²) in [7, 11) is 0. The summed E-state index contributed by atoms with van der Waals surface area (Å²) in [5, 5.41) is 13.6. The molecule has 0 fully saturated rings. The zero-order valence-electron chi connectivity index (χ0n) is 29.1. The van der Waals surface area contributed by atoms with Crippen LogP contribution in [-0.2, 0) is 16.0 Å². The SMILES string of the molecule is CC(C)C[C@@H]1NC(=O)CCCN(C(=O)c2cccc(OCC(N)=O)c2)CCCNC(=O)c2csc(n2)[C@H](Cc2ccccc2)NC(=O)c2csc1n2. The number of rotatable bonds is 8. The van der Waals surface area contributed by atoms with E-state index < -0.39 is 18.0 Å².